The number of nitrogens with one attached hydrogen (secondary N) is 2. The first-order chi connectivity index (χ1) is 7.83. The molecule has 0 saturated heterocycles. The minimum atomic E-state index is -0.110. The molecule has 2 N–H and O–H groups in total. The molecule has 0 unspecified atom stereocenters. The van der Waals surface area contributed by atoms with Gasteiger partial charge in [0.25, 0.3) is 0 Å². The molecule has 1 aromatic heterocycles. The van der Waals surface area contributed by atoms with Crippen molar-refractivity contribution in [2.45, 2.75) is 6.54 Å². The second-order valence-electron chi connectivity index (χ2n) is 3.10. The first kappa shape index (κ1) is 15.8. The number of amides is 1. The fourth-order valence-corrected chi connectivity index (χ4v) is 1.05. The second kappa shape index (κ2) is 9.94. The fourth-order valence-electron chi connectivity index (χ4n) is 1.05. The second-order valence-corrected chi connectivity index (χ2v) is 3.10. The molecule has 0 aliphatic heterocycles. The minimum Gasteiger partial charge on any atom is -0.383 e. The van der Waals surface area contributed by atoms with Crippen LogP contribution in [-0.2, 0) is 16.1 Å². The predicted molar refractivity (Wildman–Crippen MR) is 62.8 cm³/mol. The van der Waals surface area contributed by atoms with Gasteiger partial charge >= 0.3 is 0 Å². The molecule has 17 heavy (non-hydrogen) atoms. The van der Waals surface area contributed by atoms with Gasteiger partial charge in [-0.25, -0.2) is 4.68 Å². The maximum absolute atomic E-state index is 11.3. The number of ether oxygens (including phenoxy) is 1. The molecule has 0 aromatic carbocycles. The van der Waals surface area contributed by atoms with E-state index >= 15 is 0 Å². The van der Waals surface area contributed by atoms with E-state index in [4.69, 9.17) is 4.74 Å². The van der Waals surface area contributed by atoms with Gasteiger partial charge in [-0.2, -0.15) is 0 Å². The highest BCUT2D eigenvalue weighted by molar-refractivity contribution is 5.85. The van der Waals surface area contributed by atoms with Crippen molar-refractivity contribution in [2.24, 2.45) is 0 Å². The average Bonchev–Trinajstić information content (AvgIpc) is 2.76. The first-order valence-corrected chi connectivity index (χ1v) is 5.00. The number of carbonyl (C=O) groups excluding carboxylic acids is 1. The zero-order valence-corrected chi connectivity index (χ0v) is 10.4. The van der Waals surface area contributed by atoms with Crippen LogP contribution in [0.4, 0.5) is 0 Å². The van der Waals surface area contributed by atoms with Crippen LogP contribution in [0.1, 0.15) is 0 Å². The van der Waals surface area contributed by atoms with E-state index in [9.17, 15) is 4.79 Å². The van der Waals surface area contributed by atoms with Gasteiger partial charge in [0.1, 0.15) is 12.9 Å². The van der Waals surface area contributed by atoms with Crippen LogP contribution in [0.3, 0.4) is 0 Å². The molecule has 0 radical (unpaired) electrons. The number of methoxy groups -OCH3 is 1. The van der Waals surface area contributed by atoms with Crippen molar-refractivity contribution >= 4 is 18.3 Å². The lowest BCUT2D eigenvalue weighted by Crippen LogP contribution is -2.35. The van der Waals surface area contributed by atoms with Crippen molar-refractivity contribution in [3.8, 4) is 0 Å². The van der Waals surface area contributed by atoms with Crippen molar-refractivity contribution in [1.29, 1.82) is 0 Å². The Bertz CT molecular complexity index is 294. The Morgan fingerprint density at radius 1 is 1.41 bits per heavy atom. The number of tetrazole rings is 1. The van der Waals surface area contributed by atoms with Crippen molar-refractivity contribution in [1.82, 2.24) is 30.8 Å². The van der Waals surface area contributed by atoms with E-state index in [1.807, 2.05) is 0 Å². The Morgan fingerprint density at radius 3 is 2.88 bits per heavy atom. The lowest BCUT2D eigenvalue weighted by atomic mass is 10.5. The number of hydrogen-bond acceptors (Lipinski definition) is 6. The van der Waals surface area contributed by atoms with E-state index in [1.54, 1.807) is 7.11 Å². The molecule has 0 fully saturated rings. The summed E-state index contributed by atoms with van der Waals surface area (Å²) in [5.74, 6) is -0.110. The summed E-state index contributed by atoms with van der Waals surface area (Å²) in [5, 5.41) is 16.3. The highest BCUT2D eigenvalue weighted by Gasteiger charge is 2.01. The molecule has 9 heteroatoms. The highest BCUT2D eigenvalue weighted by atomic mass is 35.5. The normalized spacial score (nSPS) is 9.71. The lowest BCUT2D eigenvalue weighted by Gasteiger charge is -2.05. The summed E-state index contributed by atoms with van der Waals surface area (Å²) in [6.45, 7) is 2.87. The number of nitrogens with zero attached hydrogens (tertiary/aromatic N) is 4. The molecular formula is C8H17ClN6O2. The van der Waals surface area contributed by atoms with Gasteiger partial charge in [0.15, 0.2) is 0 Å². The molecule has 0 aliphatic rings. The molecule has 0 bridgehead atoms. The topological polar surface area (TPSA) is 94.0 Å². The third-order valence-corrected chi connectivity index (χ3v) is 1.80. The Balaban J connectivity index is 0.00000256. The number of hydrogen-bond donors (Lipinski definition) is 2. The van der Waals surface area contributed by atoms with Crippen LogP contribution in [-0.4, -0.2) is 59.5 Å². The summed E-state index contributed by atoms with van der Waals surface area (Å²) in [5.41, 5.74) is 0. The number of rotatable bonds is 8. The predicted octanol–water partition coefficient (Wildman–Crippen LogP) is -1.55. The Morgan fingerprint density at radius 2 is 2.24 bits per heavy atom. The van der Waals surface area contributed by atoms with Crippen LogP contribution < -0.4 is 10.6 Å². The fraction of sp³-hybridized carbons (Fsp3) is 0.750. The molecule has 8 nitrogen and oxygen atoms in total. The molecule has 0 aliphatic carbocycles. The molecule has 1 amide bonds. The number of aromatic nitrogens is 4. The smallest absolute Gasteiger partial charge is 0.241 e. The van der Waals surface area contributed by atoms with Gasteiger partial charge in [0.05, 0.1) is 6.61 Å². The van der Waals surface area contributed by atoms with Gasteiger partial charge < -0.3 is 15.4 Å². The zero-order valence-electron chi connectivity index (χ0n) is 9.63. The van der Waals surface area contributed by atoms with Crippen molar-refractivity contribution in [3.63, 3.8) is 0 Å². The lowest BCUT2D eigenvalue weighted by molar-refractivity contribution is -0.121. The summed E-state index contributed by atoms with van der Waals surface area (Å²) in [6, 6.07) is 0. The molecule has 0 atom stereocenters. The van der Waals surface area contributed by atoms with E-state index in [-0.39, 0.29) is 24.9 Å². The third kappa shape index (κ3) is 7.61. The Kier molecular flexibility index (Phi) is 9.21. The van der Waals surface area contributed by atoms with E-state index in [2.05, 4.69) is 26.2 Å². The van der Waals surface area contributed by atoms with Crippen LogP contribution in [0, 0.1) is 0 Å². The maximum atomic E-state index is 11.3. The standard InChI is InChI=1S/C8H16N6O2.ClH/c1-16-5-4-9-2-3-10-8(15)6-14-7-11-12-13-14;/h7,9H,2-6H2,1H3,(H,10,15);1H. The quantitative estimate of drug-likeness (QED) is 0.552. The minimum absolute atomic E-state index is 0. The maximum Gasteiger partial charge on any atom is 0.241 e. The molecule has 0 spiro atoms. The molecule has 1 rings (SSSR count). The largest absolute Gasteiger partial charge is 0.383 e. The summed E-state index contributed by atoms with van der Waals surface area (Å²) < 4.78 is 6.23. The molecule has 0 saturated carbocycles. The van der Waals surface area contributed by atoms with Crippen LogP contribution >= 0.6 is 12.4 Å². The number of halogens is 1. The Labute approximate surface area is 105 Å². The SMILES string of the molecule is COCCNCCNC(=O)Cn1cnnn1.Cl. The average molecular weight is 265 g/mol. The van der Waals surface area contributed by atoms with E-state index in [0.29, 0.717) is 19.7 Å². The van der Waals surface area contributed by atoms with Crippen LogP contribution in [0.5, 0.6) is 0 Å². The highest BCUT2D eigenvalue weighted by Crippen LogP contribution is 1.77. The molecule has 98 valence electrons. The summed E-state index contributed by atoms with van der Waals surface area (Å²) in [6.07, 6.45) is 1.40. The van der Waals surface area contributed by atoms with Crippen LogP contribution in [0.2, 0.25) is 0 Å². The monoisotopic (exact) mass is 264 g/mol. The van der Waals surface area contributed by atoms with Crippen molar-refractivity contribution in [3.05, 3.63) is 6.33 Å². The molecule has 1 heterocycles. The van der Waals surface area contributed by atoms with E-state index in [1.165, 1.54) is 11.0 Å². The van der Waals surface area contributed by atoms with Crippen molar-refractivity contribution < 1.29 is 9.53 Å². The van der Waals surface area contributed by atoms with Crippen LogP contribution in [0.25, 0.3) is 0 Å². The molecule has 1 aromatic rings. The number of carbonyl (C=O) groups is 1. The summed E-state index contributed by atoms with van der Waals surface area (Å²) in [7, 11) is 1.65. The van der Waals surface area contributed by atoms with E-state index < -0.39 is 0 Å². The van der Waals surface area contributed by atoms with Crippen molar-refractivity contribution in [2.75, 3.05) is 33.4 Å². The van der Waals surface area contributed by atoms with Gasteiger partial charge in [-0.1, -0.05) is 0 Å². The summed E-state index contributed by atoms with van der Waals surface area (Å²) >= 11 is 0. The first-order valence-electron chi connectivity index (χ1n) is 5.00. The van der Waals surface area contributed by atoms with Gasteiger partial charge in [-0.15, -0.1) is 17.5 Å². The zero-order chi connectivity index (χ0) is 11.6. The summed E-state index contributed by atoms with van der Waals surface area (Å²) in [4.78, 5) is 11.3. The molecular weight excluding hydrogens is 248 g/mol. The van der Waals surface area contributed by atoms with E-state index in [0.717, 1.165) is 6.54 Å². The van der Waals surface area contributed by atoms with Gasteiger partial charge in [-0.05, 0) is 10.4 Å². The third-order valence-electron chi connectivity index (χ3n) is 1.80. The van der Waals surface area contributed by atoms with Gasteiger partial charge in [0.2, 0.25) is 5.91 Å². The van der Waals surface area contributed by atoms with Crippen LogP contribution in [0.15, 0.2) is 6.33 Å². The van der Waals surface area contributed by atoms with Gasteiger partial charge in [-0.3, -0.25) is 4.79 Å². The van der Waals surface area contributed by atoms with Gasteiger partial charge in [0, 0.05) is 26.7 Å². The Hall–Kier alpha value is -1.25.